The van der Waals surface area contributed by atoms with Crippen LogP contribution in [0, 0.1) is 0 Å². The molecule has 0 saturated carbocycles. The normalized spacial score (nSPS) is 12.2. The van der Waals surface area contributed by atoms with E-state index in [9.17, 15) is 13.2 Å². The van der Waals surface area contributed by atoms with Crippen LogP contribution in [0.2, 0.25) is 0 Å². The number of aromatic nitrogens is 1. The first-order chi connectivity index (χ1) is 9.41. The lowest BCUT2D eigenvalue weighted by atomic mass is 10.2. The summed E-state index contributed by atoms with van der Waals surface area (Å²) in [7, 11) is -3.58. The summed E-state index contributed by atoms with van der Waals surface area (Å²) in [6.07, 6.45) is 5.65. The number of carboxylic acid groups (broad SMARTS) is 1. The molecule has 0 saturated heterocycles. The zero-order valence-corrected chi connectivity index (χ0v) is 12.3. The predicted octanol–water partition coefficient (Wildman–Crippen LogP) is 1.60. The van der Waals surface area contributed by atoms with E-state index in [1.165, 1.54) is 28.8 Å². The third kappa shape index (κ3) is 4.14. The van der Waals surface area contributed by atoms with Gasteiger partial charge in [0.25, 0.3) is 0 Å². The molecule has 110 valence electrons. The summed E-state index contributed by atoms with van der Waals surface area (Å²) in [6, 6.07) is 1.42. The second-order valence-corrected chi connectivity index (χ2v) is 6.06. The molecule has 0 aliphatic rings. The van der Waals surface area contributed by atoms with E-state index < -0.39 is 16.0 Å². The van der Waals surface area contributed by atoms with Gasteiger partial charge in [0.1, 0.15) is 4.90 Å². The highest BCUT2D eigenvalue weighted by Crippen LogP contribution is 2.16. The lowest BCUT2D eigenvalue weighted by Crippen LogP contribution is -2.31. The number of carbonyl (C=O) groups is 1. The van der Waals surface area contributed by atoms with Crippen LogP contribution in [0.25, 0.3) is 6.08 Å². The minimum atomic E-state index is -3.58. The molecule has 0 unspecified atom stereocenters. The maximum Gasteiger partial charge on any atom is 0.328 e. The van der Waals surface area contributed by atoms with Crippen LogP contribution < -0.4 is 0 Å². The molecule has 0 amide bonds. The molecule has 0 aliphatic heterocycles. The highest BCUT2D eigenvalue weighted by molar-refractivity contribution is 7.89. The zero-order chi connectivity index (χ0) is 15.2. The van der Waals surface area contributed by atoms with Gasteiger partial charge in [-0.15, -0.1) is 0 Å². The number of sulfonamides is 1. The van der Waals surface area contributed by atoms with Crippen LogP contribution in [-0.2, 0) is 14.8 Å². The van der Waals surface area contributed by atoms with Crippen molar-refractivity contribution in [2.45, 2.75) is 25.2 Å². The lowest BCUT2D eigenvalue weighted by molar-refractivity contribution is -0.131. The number of nitrogens with zero attached hydrogens (tertiary/aromatic N) is 2. The quantitative estimate of drug-likeness (QED) is 0.772. The maximum absolute atomic E-state index is 12.4. The van der Waals surface area contributed by atoms with Gasteiger partial charge in [-0.1, -0.05) is 13.8 Å². The number of carboxylic acids is 1. The third-order valence-electron chi connectivity index (χ3n) is 2.62. The second-order valence-electron chi connectivity index (χ2n) is 4.12. The molecule has 1 heterocycles. The largest absolute Gasteiger partial charge is 0.478 e. The van der Waals surface area contributed by atoms with Gasteiger partial charge < -0.3 is 5.11 Å². The van der Waals surface area contributed by atoms with E-state index in [0.29, 0.717) is 18.7 Å². The summed E-state index contributed by atoms with van der Waals surface area (Å²) in [6.45, 7) is 4.50. The molecule has 0 aromatic carbocycles. The van der Waals surface area contributed by atoms with Crippen molar-refractivity contribution < 1.29 is 18.3 Å². The first kappa shape index (κ1) is 16.3. The van der Waals surface area contributed by atoms with Crippen molar-refractivity contribution in [3.05, 3.63) is 30.1 Å². The molecule has 0 radical (unpaired) electrons. The fourth-order valence-electron chi connectivity index (χ4n) is 1.68. The molecule has 6 nitrogen and oxygen atoms in total. The minimum Gasteiger partial charge on any atom is -0.478 e. The topological polar surface area (TPSA) is 87.6 Å². The molecule has 0 fully saturated rings. The monoisotopic (exact) mass is 298 g/mol. The van der Waals surface area contributed by atoms with Gasteiger partial charge >= 0.3 is 5.97 Å². The van der Waals surface area contributed by atoms with Gasteiger partial charge in [-0.3, -0.25) is 4.98 Å². The molecular formula is C13H18N2O4S. The van der Waals surface area contributed by atoms with Gasteiger partial charge in [0.15, 0.2) is 0 Å². The molecule has 0 aliphatic carbocycles. The van der Waals surface area contributed by atoms with E-state index >= 15 is 0 Å². The number of pyridine rings is 1. The summed E-state index contributed by atoms with van der Waals surface area (Å²) in [5.74, 6) is -1.10. The Bertz CT molecular complexity index is 596. The minimum absolute atomic E-state index is 0.0698. The van der Waals surface area contributed by atoms with Crippen molar-refractivity contribution in [3.8, 4) is 0 Å². The van der Waals surface area contributed by atoms with E-state index in [1.807, 2.05) is 6.92 Å². The SMILES string of the molecule is CCCN(CC)S(=O)(=O)c1cncc(C=CC(=O)O)c1. The van der Waals surface area contributed by atoms with Crippen LogP contribution in [-0.4, -0.2) is 41.9 Å². The molecule has 0 bridgehead atoms. The Kier molecular flexibility index (Phi) is 5.84. The van der Waals surface area contributed by atoms with Crippen molar-refractivity contribution in [2.24, 2.45) is 0 Å². The molecule has 0 atom stereocenters. The molecule has 0 spiro atoms. The Hall–Kier alpha value is -1.73. The third-order valence-corrected chi connectivity index (χ3v) is 4.56. The molecular weight excluding hydrogens is 280 g/mol. The number of aliphatic carboxylic acids is 1. The average Bonchev–Trinajstić information content (AvgIpc) is 2.42. The fourth-order valence-corrected chi connectivity index (χ4v) is 3.22. The van der Waals surface area contributed by atoms with E-state index in [1.54, 1.807) is 6.92 Å². The first-order valence-electron chi connectivity index (χ1n) is 6.28. The number of hydrogen-bond donors (Lipinski definition) is 1. The lowest BCUT2D eigenvalue weighted by Gasteiger charge is -2.19. The molecule has 1 rings (SSSR count). The Labute approximate surface area is 118 Å². The predicted molar refractivity (Wildman–Crippen MR) is 75.6 cm³/mol. The molecule has 1 aromatic rings. The Morgan fingerprint density at radius 3 is 2.65 bits per heavy atom. The second kappa shape index (κ2) is 7.16. The van der Waals surface area contributed by atoms with Gasteiger partial charge in [0.2, 0.25) is 10.0 Å². The van der Waals surface area contributed by atoms with Crippen molar-refractivity contribution in [3.63, 3.8) is 0 Å². The van der Waals surface area contributed by atoms with E-state index in [4.69, 9.17) is 5.11 Å². The first-order valence-corrected chi connectivity index (χ1v) is 7.72. The number of rotatable bonds is 7. The zero-order valence-electron chi connectivity index (χ0n) is 11.5. The van der Waals surface area contributed by atoms with Gasteiger partial charge in [0.05, 0.1) is 0 Å². The molecule has 7 heteroatoms. The molecule has 1 N–H and O–H groups in total. The van der Waals surface area contributed by atoms with Crippen LogP contribution in [0.3, 0.4) is 0 Å². The van der Waals surface area contributed by atoms with E-state index in [-0.39, 0.29) is 4.90 Å². The van der Waals surface area contributed by atoms with Crippen LogP contribution in [0.1, 0.15) is 25.8 Å². The summed E-state index contributed by atoms with van der Waals surface area (Å²) in [5.41, 5.74) is 0.432. The van der Waals surface area contributed by atoms with Gasteiger partial charge in [-0.2, -0.15) is 4.31 Å². The van der Waals surface area contributed by atoms with Crippen molar-refractivity contribution in [2.75, 3.05) is 13.1 Å². The van der Waals surface area contributed by atoms with Crippen LogP contribution in [0.15, 0.2) is 29.4 Å². The summed E-state index contributed by atoms with van der Waals surface area (Å²) >= 11 is 0. The van der Waals surface area contributed by atoms with Gasteiger partial charge in [-0.25, -0.2) is 13.2 Å². The standard InChI is InChI=1S/C13H18N2O4S/c1-3-7-15(4-2)20(18,19)12-8-11(9-14-10-12)5-6-13(16)17/h5-6,8-10H,3-4,7H2,1-2H3,(H,16,17). The summed E-state index contributed by atoms with van der Waals surface area (Å²) in [4.78, 5) is 14.4. The average molecular weight is 298 g/mol. The molecule has 1 aromatic heterocycles. The Morgan fingerprint density at radius 1 is 1.40 bits per heavy atom. The fraction of sp³-hybridized carbons (Fsp3) is 0.385. The smallest absolute Gasteiger partial charge is 0.328 e. The Balaban J connectivity index is 3.13. The van der Waals surface area contributed by atoms with Crippen LogP contribution >= 0.6 is 0 Å². The Morgan fingerprint density at radius 2 is 2.10 bits per heavy atom. The van der Waals surface area contributed by atoms with Crippen molar-refractivity contribution >= 4 is 22.1 Å². The van der Waals surface area contributed by atoms with Crippen molar-refractivity contribution in [1.29, 1.82) is 0 Å². The van der Waals surface area contributed by atoms with Crippen LogP contribution in [0.4, 0.5) is 0 Å². The highest BCUT2D eigenvalue weighted by Gasteiger charge is 2.22. The number of hydrogen-bond acceptors (Lipinski definition) is 4. The maximum atomic E-state index is 12.4. The highest BCUT2D eigenvalue weighted by atomic mass is 32.2. The van der Waals surface area contributed by atoms with Crippen molar-refractivity contribution in [1.82, 2.24) is 9.29 Å². The molecule has 20 heavy (non-hydrogen) atoms. The summed E-state index contributed by atoms with van der Waals surface area (Å²) < 4.78 is 26.1. The van der Waals surface area contributed by atoms with E-state index in [0.717, 1.165) is 12.5 Å². The van der Waals surface area contributed by atoms with E-state index in [2.05, 4.69) is 4.98 Å². The van der Waals surface area contributed by atoms with Crippen LogP contribution in [0.5, 0.6) is 0 Å². The van der Waals surface area contributed by atoms with Gasteiger partial charge in [0, 0.05) is 31.6 Å². The summed E-state index contributed by atoms with van der Waals surface area (Å²) in [5, 5.41) is 8.57. The van der Waals surface area contributed by atoms with Gasteiger partial charge in [-0.05, 0) is 24.1 Å².